The Balaban J connectivity index is 2.32. The van der Waals surface area contributed by atoms with Crippen LogP contribution in [0.15, 0.2) is 36.4 Å². The minimum atomic E-state index is -0.996. The van der Waals surface area contributed by atoms with Crippen LogP contribution in [0.5, 0.6) is 0 Å². The molecule has 2 aromatic carbocycles. The van der Waals surface area contributed by atoms with Crippen LogP contribution in [0.3, 0.4) is 0 Å². The predicted molar refractivity (Wildman–Crippen MR) is 76.6 cm³/mol. The highest BCUT2D eigenvalue weighted by molar-refractivity contribution is 7.80. The summed E-state index contributed by atoms with van der Waals surface area (Å²) in [6, 6.07) is 6.53. The standard InChI is InChI=1S/C14H9F3N2OS/c15-9-5-4-7(6-8(9)13(18)21)19-14(20)12-10(16)2-1-3-11(12)17/h1-6H,(H2,18,21)(H,19,20). The van der Waals surface area contributed by atoms with Crippen molar-refractivity contribution in [2.45, 2.75) is 0 Å². The van der Waals surface area contributed by atoms with Crippen molar-refractivity contribution in [2.24, 2.45) is 5.73 Å². The van der Waals surface area contributed by atoms with E-state index in [0.29, 0.717) is 0 Å². The molecule has 0 aliphatic heterocycles. The molecular weight excluding hydrogens is 301 g/mol. The molecule has 7 heteroatoms. The predicted octanol–water partition coefficient (Wildman–Crippen LogP) is 2.99. The van der Waals surface area contributed by atoms with Gasteiger partial charge >= 0.3 is 0 Å². The third-order valence-electron chi connectivity index (χ3n) is 2.68. The molecule has 0 saturated carbocycles. The molecule has 0 spiro atoms. The third-order valence-corrected chi connectivity index (χ3v) is 2.90. The van der Waals surface area contributed by atoms with Crippen LogP contribution in [0.4, 0.5) is 18.9 Å². The molecule has 0 unspecified atom stereocenters. The second-order valence-electron chi connectivity index (χ2n) is 4.11. The first-order valence-electron chi connectivity index (χ1n) is 5.75. The summed E-state index contributed by atoms with van der Waals surface area (Å²) in [6.45, 7) is 0. The van der Waals surface area contributed by atoms with Gasteiger partial charge < -0.3 is 11.1 Å². The number of anilines is 1. The second-order valence-corrected chi connectivity index (χ2v) is 4.55. The second kappa shape index (κ2) is 5.92. The highest BCUT2D eigenvalue weighted by Crippen LogP contribution is 2.18. The Morgan fingerprint density at radius 3 is 2.24 bits per heavy atom. The molecule has 2 rings (SSSR count). The van der Waals surface area contributed by atoms with Crippen molar-refractivity contribution in [3.63, 3.8) is 0 Å². The van der Waals surface area contributed by atoms with Crippen LogP contribution < -0.4 is 11.1 Å². The minimum Gasteiger partial charge on any atom is -0.389 e. The number of hydrogen-bond acceptors (Lipinski definition) is 2. The van der Waals surface area contributed by atoms with Gasteiger partial charge in [0.05, 0.1) is 0 Å². The molecule has 0 atom stereocenters. The van der Waals surface area contributed by atoms with E-state index in [-0.39, 0.29) is 16.2 Å². The van der Waals surface area contributed by atoms with Crippen molar-refractivity contribution in [3.8, 4) is 0 Å². The molecule has 108 valence electrons. The lowest BCUT2D eigenvalue weighted by Crippen LogP contribution is -2.17. The van der Waals surface area contributed by atoms with Crippen molar-refractivity contribution < 1.29 is 18.0 Å². The molecule has 0 aromatic heterocycles. The smallest absolute Gasteiger partial charge is 0.261 e. The fourth-order valence-corrected chi connectivity index (χ4v) is 1.86. The van der Waals surface area contributed by atoms with Crippen LogP contribution in [0.25, 0.3) is 0 Å². The number of nitrogens with one attached hydrogen (secondary N) is 1. The summed E-state index contributed by atoms with van der Waals surface area (Å²) in [7, 11) is 0. The van der Waals surface area contributed by atoms with Gasteiger partial charge in [0.15, 0.2) is 0 Å². The number of carbonyl (C=O) groups excluding carboxylic acids is 1. The summed E-state index contributed by atoms with van der Waals surface area (Å²) in [5, 5.41) is 2.26. The Labute approximate surface area is 123 Å². The number of thiocarbonyl (C=S) groups is 1. The van der Waals surface area contributed by atoms with E-state index in [2.05, 4.69) is 17.5 Å². The molecule has 0 aliphatic rings. The van der Waals surface area contributed by atoms with Gasteiger partial charge in [-0.1, -0.05) is 18.3 Å². The van der Waals surface area contributed by atoms with Crippen LogP contribution in [0, 0.1) is 17.5 Å². The Kier molecular flexibility index (Phi) is 4.23. The first-order valence-corrected chi connectivity index (χ1v) is 6.15. The summed E-state index contributed by atoms with van der Waals surface area (Å²) in [5.41, 5.74) is 4.65. The fourth-order valence-electron chi connectivity index (χ4n) is 1.70. The number of carbonyl (C=O) groups is 1. The van der Waals surface area contributed by atoms with E-state index in [1.54, 1.807) is 0 Å². The summed E-state index contributed by atoms with van der Waals surface area (Å²) >= 11 is 4.66. The maximum atomic E-state index is 13.5. The molecule has 0 heterocycles. The normalized spacial score (nSPS) is 10.2. The molecule has 3 N–H and O–H groups in total. The van der Waals surface area contributed by atoms with E-state index in [4.69, 9.17) is 5.73 Å². The third kappa shape index (κ3) is 3.19. The highest BCUT2D eigenvalue weighted by Gasteiger charge is 2.17. The van der Waals surface area contributed by atoms with E-state index in [1.807, 2.05) is 0 Å². The van der Waals surface area contributed by atoms with Crippen LogP contribution in [0.2, 0.25) is 0 Å². The fraction of sp³-hybridized carbons (Fsp3) is 0. The molecule has 0 saturated heterocycles. The lowest BCUT2D eigenvalue weighted by atomic mass is 10.1. The number of nitrogens with two attached hydrogens (primary N) is 1. The summed E-state index contributed by atoms with van der Waals surface area (Å²) in [6.07, 6.45) is 0. The van der Waals surface area contributed by atoms with E-state index in [0.717, 1.165) is 24.3 Å². The molecule has 0 fully saturated rings. The van der Waals surface area contributed by atoms with Crippen molar-refractivity contribution >= 4 is 28.8 Å². The summed E-state index contributed by atoms with van der Waals surface area (Å²) in [4.78, 5) is 11.7. The minimum absolute atomic E-state index is 0.0724. The quantitative estimate of drug-likeness (QED) is 0.857. The first-order chi connectivity index (χ1) is 9.90. The van der Waals surface area contributed by atoms with Gasteiger partial charge in [0.1, 0.15) is 28.0 Å². The SMILES string of the molecule is NC(=S)c1cc(NC(=O)c2c(F)cccc2F)ccc1F. The van der Waals surface area contributed by atoms with Gasteiger partial charge in [0.2, 0.25) is 0 Å². The van der Waals surface area contributed by atoms with E-state index in [9.17, 15) is 18.0 Å². The zero-order valence-electron chi connectivity index (χ0n) is 10.5. The molecule has 2 aromatic rings. The van der Waals surface area contributed by atoms with Crippen molar-refractivity contribution in [1.82, 2.24) is 0 Å². The number of amides is 1. The summed E-state index contributed by atoms with van der Waals surface area (Å²) < 4.78 is 40.4. The lowest BCUT2D eigenvalue weighted by molar-refractivity contribution is 0.101. The number of benzene rings is 2. The average molecular weight is 310 g/mol. The van der Waals surface area contributed by atoms with Crippen LogP contribution in [-0.2, 0) is 0 Å². The van der Waals surface area contributed by atoms with Crippen molar-refractivity contribution in [1.29, 1.82) is 0 Å². The van der Waals surface area contributed by atoms with Crippen molar-refractivity contribution in [3.05, 3.63) is 65.0 Å². The zero-order chi connectivity index (χ0) is 15.6. The van der Waals surface area contributed by atoms with Gasteiger partial charge in [0, 0.05) is 11.3 Å². The monoisotopic (exact) mass is 310 g/mol. The highest BCUT2D eigenvalue weighted by atomic mass is 32.1. The van der Waals surface area contributed by atoms with Gasteiger partial charge in [-0.05, 0) is 30.3 Å². The average Bonchev–Trinajstić information content (AvgIpc) is 2.40. The molecule has 1 amide bonds. The molecule has 0 aliphatic carbocycles. The van der Waals surface area contributed by atoms with Gasteiger partial charge in [-0.15, -0.1) is 0 Å². The molecular formula is C14H9F3N2OS. The Morgan fingerprint density at radius 1 is 1.05 bits per heavy atom. The van der Waals surface area contributed by atoms with Crippen molar-refractivity contribution in [2.75, 3.05) is 5.32 Å². The van der Waals surface area contributed by atoms with E-state index >= 15 is 0 Å². The van der Waals surface area contributed by atoms with Gasteiger partial charge in [-0.25, -0.2) is 13.2 Å². The van der Waals surface area contributed by atoms with Crippen LogP contribution >= 0.6 is 12.2 Å². The number of hydrogen-bond donors (Lipinski definition) is 2. The largest absolute Gasteiger partial charge is 0.389 e. The maximum absolute atomic E-state index is 13.5. The van der Waals surface area contributed by atoms with Crippen LogP contribution in [-0.4, -0.2) is 10.9 Å². The van der Waals surface area contributed by atoms with Gasteiger partial charge in [0.25, 0.3) is 5.91 Å². The Morgan fingerprint density at radius 2 is 1.67 bits per heavy atom. The van der Waals surface area contributed by atoms with E-state index in [1.165, 1.54) is 12.1 Å². The van der Waals surface area contributed by atoms with Crippen LogP contribution in [0.1, 0.15) is 15.9 Å². The molecule has 0 bridgehead atoms. The number of rotatable bonds is 3. The molecule has 21 heavy (non-hydrogen) atoms. The Hall–Kier alpha value is -2.41. The molecule has 0 radical (unpaired) electrons. The van der Waals surface area contributed by atoms with Gasteiger partial charge in [-0.2, -0.15) is 0 Å². The van der Waals surface area contributed by atoms with E-state index < -0.39 is 28.9 Å². The Bertz CT molecular complexity index is 714. The number of halogens is 3. The van der Waals surface area contributed by atoms with Gasteiger partial charge in [-0.3, -0.25) is 4.79 Å². The first kappa shape index (κ1) is 15.0. The lowest BCUT2D eigenvalue weighted by Gasteiger charge is -2.09. The zero-order valence-corrected chi connectivity index (χ0v) is 11.3. The molecule has 3 nitrogen and oxygen atoms in total. The summed E-state index contributed by atoms with van der Waals surface area (Å²) in [5.74, 6) is -3.64. The maximum Gasteiger partial charge on any atom is 0.261 e. The topological polar surface area (TPSA) is 55.1 Å².